The van der Waals surface area contributed by atoms with Gasteiger partial charge in [0.2, 0.25) is 5.91 Å². The van der Waals surface area contributed by atoms with Gasteiger partial charge in [-0.2, -0.15) is 0 Å². The molecule has 0 aliphatic heterocycles. The van der Waals surface area contributed by atoms with Crippen molar-refractivity contribution in [3.63, 3.8) is 0 Å². The lowest BCUT2D eigenvalue weighted by Crippen LogP contribution is -2.28. The zero-order valence-corrected chi connectivity index (χ0v) is 10.2. The van der Waals surface area contributed by atoms with E-state index in [2.05, 4.69) is 5.32 Å². The molecule has 2 N–H and O–H groups in total. The summed E-state index contributed by atoms with van der Waals surface area (Å²) in [5.41, 5.74) is 0.792. The molecule has 6 nitrogen and oxygen atoms in total. The summed E-state index contributed by atoms with van der Waals surface area (Å²) in [6.07, 6.45) is 1.74. The lowest BCUT2D eigenvalue weighted by atomic mass is 10.3. The molecule has 0 radical (unpaired) electrons. The molecule has 6 heteroatoms. The quantitative estimate of drug-likeness (QED) is 0.753. The molecule has 0 saturated heterocycles. The molecular weight excluding hydrogens is 236 g/mol. The van der Waals surface area contributed by atoms with Crippen molar-refractivity contribution in [3.8, 4) is 0 Å². The maximum absolute atomic E-state index is 11.4. The van der Waals surface area contributed by atoms with Crippen molar-refractivity contribution < 1.29 is 14.7 Å². The van der Waals surface area contributed by atoms with Gasteiger partial charge in [0.15, 0.2) is 0 Å². The van der Waals surface area contributed by atoms with Gasteiger partial charge >= 0.3 is 5.97 Å². The number of amides is 1. The van der Waals surface area contributed by atoms with Gasteiger partial charge in [-0.3, -0.25) is 14.4 Å². The second-order valence-corrected chi connectivity index (χ2v) is 3.98. The molecule has 0 bridgehead atoms. The normalized spacial score (nSPS) is 10.1. The number of carbonyl (C=O) groups is 2. The van der Waals surface area contributed by atoms with Gasteiger partial charge in [0.05, 0.1) is 6.42 Å². The molecule has 1 aromatic heterocycles. The van der Waals surface area contributed by atoms with E-state index in [0.29, 0.717) is 6.54 Å². The van der Waals surface area contributed by atoms with Crippen molar-refractivity contribution in [1.82, 2.24) is 9.88 Å². The maximum Gasteiger partial charge on any atom is 0.305 e. The van der Waals surface area contributed by atoms with E-state index in [1.807, 2.05) is 6.92 Å². The third-order valence-corrected chi connectivity index (χ3v) is 2.37. The minimum absolute atomic E-state index is 0.101. The number of aromatic nitrogens is 1. The zero-order valence-electron chi connectivity index (χ0n) is 10.2. The predicted molar refractivity (Wildman–Crippen MR) is 65.3 cm³/mol. The van der Waals surface area contributed by atoms with E-state index < -0.39 is 5.97 Å². The lowest BCUT2D eigenvalue weighted by molar-refractivity contribution is -0.136. The number of carboxylic acid groups (broad SMARTS) is 1. The molecular formula is C12H16N2O4. The number of rotatable bonds is 6. The number of carbonyl (C=O) groups excluding carboxylic acids is 1. The molecule has 0 saturated carbocycles. The van der Waals surface area contributed by atoms with Gasteiger partial charge in [-0.05, 0) is 12.5 Å². The Labute approximate surface area is 104 Å². The SMILES string of the molecule is Cc1ccc(=O)n(CCC(=O)NCCC(=O)O)c1. The second kappa shape index (κ2) is 6.58. The smallest absolute Gasteiger partial charge is 0.305 e. The Balaban J connectivity index is 2.40. The van der Waals surface area contributed by atoms with Crippen LogP contribution in [0.3, 0.4) is 0 Å². The number of pyridine rings is 1. The van der Waals surface area contributed by atoms with Crippen LogP contribution in [0.25, 0.3) is 0 Å². The van der Waals surface area contributed by atoms with Crippen molar-refractivity contribution >= 4 is 11.9 Å². The topological polar surface area (TPSA) is 88.4 Å². The van der Waals surface area contributed by atoms with Crippen LogP contribution < -0.4 is 10.9 Å². The van der Waals surface area contributed by atoms with E-state index in [0.717, 1.165) is 5.56 Å². The van der Waals surface area contributed by atoms with Crippen molar-refractivity contribution in [2.45, 2.75) is 26.3 Å². The van der Waals surface area contributed by atoms with Crippen LogP contribution in [0.4, 0.5) is 0 Å². The number of nitrogens with one attached hydrogen (secondary N) is 1. The highest BCUT2D eigenvalue weighted by Crippen LogP contribution is 1.94. The number of carboxylic acids is 1. The third kappa shape index (κ3) is 4.82. The minimum atomic E-state index is -0.954. The lowest BCUT2D eigenvalue weighted by Gasteiger charge is -2.06. The fourth-order valence-electron chi connectivity index (χ4n) is 1.44. The average molecular weight is 252 g/mol. The maximum atomic E-state index is 11.4. The summed E-state index contributed by atoms with van der Waals surface area (Å²) in [7, 11) is 0. The van der Waals surface area contributed by atoms with Crippen molar-refractivity contribution in [3.05, 3.63) is 34.2 Å². The molecule has 0 spiro atoms. The Morgan fingerprint density at radius 3 is 2.72 bits per heavy atom. The molecule has 0 unspecified atom stereocenters. The Bertz CT molecular complexity index is 493. The molecule has 18 heavy (non-hydrogen) atoms. The number of hydrogen-bond donors (Lipinski definition) is 2. The first-order valence-electron chi connectivity index (χ1n) is 5.64. The van der Waals surface area contributed by atoms with Crippen LogP contribution in [0.15, 0.2) is 23.1 Å². The van der Waals surface area contributed by atoms with Crippen molar-refractivity contribution in [1.29, 1.82) is 0 Å². The summed E-state index contributed by atoms with van der Waals surface area (Å²) in [6, 6.07) is 3.17. The van der Waals surface area contributed by atoms with Crippen LogP contribution in [0.1, 0.15) is 18.4 Å². The van der Waals surface area contributed by atoms with Gasteiger partial charge < -0.3 is 15.0 Å². The van der Waals surface area contributed by atoms with Crippen LogP contribution in [0, 0.1) is 6.92 Å². The molecule has 0 aliphatic rings. The van der Waals surface area contributed by atoms with Crippen LogP contribution in [-0.2, 0) is 16.1 Å². The summed E-state index contributed by atoms with van der Waals surface area (Å²) >= 11 is 0. The third-order valence-electron chi connectivity index (χ3n) is 2.37. The van der Waals surface area contributed by atoms with E-state index >= 15 is 0 Å². The fourth-order valence-corrected chi connectivity index (χ4v) is 1.44. The zero-order chi connectivity index (χ0) is 13.5. The highest BCUT2D eigenvalue weighted by Gasteiger charge is 2.04. The largest absolute Gasteiger partial charge is 0.481 e. The van der Waals surface area contributed by atoms with Gasteiger partial charge in [0.1, 0.15) is 0 Å². The summed E-state index contributed by atoms with van der Waals surface area (Å²) in [6.45, 7) is 2.26. The first kappa shape index (κ1) is 14.0. The molecule has 1 aromatic rings. The molecule has 0 atom stereocenters. The van der Waals surface area contributed by atoms with Crippen LogP contribution >= 0.6 is 0 Å². The first-order valence-corrected chi connectivity index (χ1v) is 5.64. The Morgan fingerprint density at radius 2 is 2.06 bits per heavy atom. The van der Waals surface area contributed by atoms with E-state index in [1.54, 1.807) is 12.3 Å². The van der Waals surface area contributed by atoms with Gasteiger partial charge in [-0.1, -0.05) is 6.07 Å². The van der Waals surface area contributed by atoms with Crippen molar-refractivity contribution in [2.75, 3.05) is 6.54 Å². The highest BCUT2D eigenvalue weighted by molar-refractivity contribution is 5.76. The van der Waals surface area contributed by atoms with E-state index in [-0.39, 0.29) is 30.9 Å². The van der Waals surface area contributed by atoms with E-state index in [1.165, 1.54) is 10.6 Å². The molecule has 0 fully saturated rings. The Kier molecular flexibility index (Phi) is 5.10. The van der Waals surface area contributed by atoms with Gasteiger partial charge in [0, 0.05) is 31.8 Å². The number of aryl methyl sites for hydroxylation is 2. The van der Waals surface area contributed by atoms with Crippen molar-refractivity contribution in [2.24, 2.45) is 0 Å². The average Bonchev–Trinajstić information content (AvgIpc) is 2.30. The molecule has 1 heterocycles. The van der Waals surface area contributed by atoms with Gasteiger partial charge in [-0.25, -0.2) is 0 Å². The molecule has 98 valence electrons. The minimum Gasteiger partial charge on any atom is -0.481 e. The Morgan fingerprint density at radius 1 is 1.33 bits per heavy atom. The standard InChI is InChI=1S/C12H16N2O4/c1-9-2-3-11(16)14(8-9)7-5-10(15)13-6-4-12(17)18/h2-3,8H,4-7H2,1H3,(H,13,15)(H,17,18). The predicted octanol–water partition coefficient (Wildman–Crippen LogP) is 0.138. The summed E-state index contributed by atoms with van der Waals surface area (Å²) in [5, 5.41) is 10.9. The summed E-state index contributed by atoms with van der Waals surface area (Å²) < 4.78 is 1.46. The highest BCUT2D eigenvalue weighted by atomic mass is 16.4. The molecule has 0 aromatic carbocycles. The van der Waals surface area contributed by atoms with Crippen LogP contribution in [-0.4, -0.2) is 28.1 Å². The Hall–Kier alpha value is -2.11. The number of hydrogen-bond acceptors (Lipinski definition) is 3. The van der Waals surface area contributed by atoms with E-state index in [4.69, 9.17) is 5.11 Å². The van der Waals surface area contributed by atoms with Crippen LogP contribution in [0.2, 0.25) is 0 Å². The molecule has 1 amide bonds. The summed E-state index contributed by atoms with van der Waals surface area (Å²) in [5.74, 6) is -1.21. The first-order chi connectivity index (χ1) is 8.49. The fraction of sp³-hybridized carbons (Fsp3) is 0.417. The van der Waals surface area contributed by atoms with Crippen LogP contribution in [0.5, 0.6) is 0 Å². The van der Waals surface area contributed by atoms with E-state index in [9.17, 15) is 14.4 Å². The van der Waals surface area contributed by atoms with Gasteiger partial charge in [0.25, 0.3) is 5.56 Å². The monoisotopic (exact) mass is 252 g/mol. The van der Waals surface area contributed by atoms with Gasteiger partial charge in [-0.15, -0.1) is 0 Å². The number of aliphatic carboxylic acids is 1. The second-order valence-electron chi connectivity index (χ2n) is 3.98. The molecule has 0 aliphatic carbocycles. The summed E-state index contributed by atoms with van der Waals surface area (Å²) in [4.78, 5) is 33.1. The molecule has 1 rings (SSSR count). The number of nitrogens with zero attached hydrogens (tertiary/aromatic N) is 1.